The van der Waals surface area contributed by atoms with E-state index in [1.807, 2.05) is 24.3 Å². The van der Waals surface area contributed by atoms with Crippen molar-refractivity contribution in [2.24, 2.45) is 21.8 Å². The van der Waals surface area contributed by atoms with Gasteiger partial charge in [-0.3, -0.25) is 19.6 Å². The lowest BCUT2D eigenvalue weighted by molar-refractivity contribution is -0.123. The third-order valence-corrected chi connectivity index (χ3v) is 4.86. The second-order valence-corrected chi connectivity index (χ2v) is 6.71. The van der Waals surface area contributed by atoms with Crippen molar-refractivity contribution < 1.29 is 9.59 Å². The van der Waals surface area contributed by atoms with Gasteiger partial charge >= 0.3 is 0 Å². The molecular formula is C20H24N2O2. The fourth-order valence-electron chi connectivity index (χ4n) is 3.31. The molecule has 0 N–H and O–H groups in total. The summed E-state index contributed by atoms with van der Waals surface area (Å²) in [4.78, 5) is 32.5. The molecule has 0 aliphatic heterocycles. The Morgan fingerprint density at radius 2 is 1.12 bits per heavy atom. The summed E-state index contributed by atoms with van der Waals surface area (Å²) in [6, 6.07) is 7.61. The minimum Gasteiger partial charge on any atom is -0.299 e. The molecular weight excluding hydrogens is 300 g/mol. The second kappa shape index (κ2) is 8.13. The summed E-state index contributed by atoms with van der Waals surface area (Å²) in [6.45, 7) is 0. The number of Topliss-reactive ketones (excluding diaryl/α,β-unsaturated/α-hetero) is 2. The number of carbonyl (C=O) groups excluding carboxylic acids is 2. The molecule has 2 aliphatic rings. The molecule has 0 radical (unpaired) electrons. The summed E-state index contributed by atoms with van der Waals surface area (Å²) in [7, 11) is 0. The van der Waals surface area contributed by atoms with Crippen molar-refractivity contribution in [3.8, 4) is 0 Å². The summed E-state index contributed by atoms with van der Waals surface area (Å²) in [5.41, 5.74) is 1.67. The van der Waals surface area contributed by atoms with Crippen LogP contribution >= 0.6 is 0 Å². The highest BCUT2D eigenvalue weighted by Gasteiger charge is 2.20. The van der Waals surface area contributed by atoms with Gasteiger partial charge in [0.1, 0.15) is 11.6 Å². The number of rotatable bonds is 4. The zero-order chi connectivity index (χ0) is 16.8. The van der Waals surface area contributed by atoms with Crippen LogP contribution in [-0.4, -0.2) is 24.0 Å². The molecule has 24 heavy (non-hydrogen) atoms. The number of nitrogens with zero attached hydrogens (tertiary/aromatic N) is 2. The standard InChI is InChI=1S/C20H24N2O2/c23-19-7-3-1-5-15(19)13-21-17-9-11-18(12-10-17)22-14-16-6-2-4-8-20(16)24/h9-16H,1-8H2. The molecule has 0 saturated heterocycles. The fourth-order valence-corrected chi connectivity index (χ4v) is 3.31. The van der Waals surface area contributed by atoms with Gasteiger partial charge in [-0.15, -0.1) is 0 Å². The van der Waals surface area contributed by atoms with Crippen molar-refractivity contribution in [3.05, 3.63) is 24.3 Å². The third kappa shape index (κ3) is 4.47. The summed E-state index contributed by atoms with van der Waals surface area (Å²) in [6.07, 6.45) is 11.0. The molecule has 0 amide bonds. The van der Waals surface area contributed by atoms with Crippen LogP contribution in [0.1, 0.15) is 51.4 Å². The van der Waals surface area contributed by atoms with Crippen molar-refractivity contribution in [1.29, 1.82) is 0 Å². The summed E-state index contributed by atoms with van der Waals surface area (Å²) < 4.78 is 0. The zero-order valence-electron chi connectivity index (χ0n) is 14.0. The Morgan fingerprint density at radius 1 is 0.708 bits per heavy atom. The van der Waals surface area contributed by atoms with E-state index in [1.165, 1.54) is 0 Å². The van der Waals surface area contributed by atoms with Gasteiger partial charge in [0.15, 0.2) is 0 Å². The average Bonchev–Trinajstić information content (AvgIpc) is 2.61. The molecule has 4 nitrogen and oxygen atoms in total. The van der Waals surface area contributed by atoms with Gasteiger partial charge in [0.25, 0.3) is 0 Å². The fraction of sp³-hybridized carbons (Fsp3) is 0.500. The summed E-state index contributed by atoms with van der Waals surface area (Å²) >= 11 is 0. The Labute approximate surface area is 143 Å². The average molecular weight is 324 g/mol. The van der Waals surface area contributed by atoms with E-state index < -0.39 is 0 Å². The molecule has 0 heterocycles. The van der Waals surface area contributed by atoms with Gasteiger partial charge in [0, 0.05) is 25.3 Å². The molecule has 126 valence electrons. The summed E-state index contributed by atoms with van der Waals surface area (Å²) in [5.74, 6) is 0.578. The summed E-state index contributed by atoms with van der Waals surface area (Å²) in [5, 5.41) is 0. The van der Waals surface area contributed by atoms with E-state index in [0.29, 0.717) is 24.4 Å². The molecule has 2 unspecified atom stereocenters. The molecule has 3 rings (SSSR count). The number of carbonyl (C=O) groups is 2. The highest BCUT2D eigenvalue weighted by molar-refractivity contribution is 5.96. The van der Waals surface area contributed by atoms with Gasteiger partial charge in [-0.1, -0.05) is 12.8 Å². The van der Waals surface area contributed by atoms with Gasteiger partial charge in [-0.05, 0) is 49.9 Å². The second-order valence-electron chi connectivity index (χ2n) is 6.71. The molecule has 0 bridgehead atoms. The molecule has 4 heteroatoms. The van der Waals surface area contributed by atoms with Crippen molar-refractivity contribution in [3.63, 3.8) is 0 Å². The first-order chi connectivity index (χ1) is 11.7. The van der Waals surface area contributed by atoms with Gasteiger partial charge in [0.05, 0.1) is 23.2 Å². The smallest absolute Gasteiger partial charge is 0.141 e. The number of aliphatic imine (C=N–C) groups is 2. The topological polar surface area (TPSA) is 58.9 Å². The zero-order valence-corrected chi connectivity index (χ0v) is 14.0. The maximum atomic E-state index is 11.8. The first-order valence-electron chi connectivity index (χ1n) is 8.96. The highest BCUT2D eigenvalue weighted by Crippen LogP contribution is 2.23. The van der Waals surface area contributed by atoms with E-state index in [9.17, 15) is 9.59 Å². The largest absolute Gasteiger partial charge is 0.299 e. The molecule has 1 aromatic carbocycles. The van der Waals surface area contributed by atoms with Crippen molar-refractivity contribution in [2.45, 2.75) is 51.4 Å². The van der Waals surface area contributed by atoms with Crippen LogP contribution in [-0.2, 0) is 9.59 Å². The third-order valence-electron chi connectivity index (χ3n) is 4.86. The van der Waals surface area contributed by atoms with Crippen LogP contribution in [0.5, 0.6) is 0 Å². The van der Waals surface area contributed by atoms with Crippen molar-refractivity contribution in [2.75, 3.05) is 0 Å². The normalized spacial score (nSPS) is 25.7. The predicted octanol–water partition coefficient (Wildman–Crippen LogP) is 4.61. The first kappa shape index (κ1) is 16.7. The predicted molar refractivity (Wildman–Crippen MR) is 96.7 cm³/mol. The van der Waals surface area contributed by atoms with Crippen LogP contribution in [0.4, 0.5) is 11.4 Å². The van der Waals surface area contributed by atoms with Crippen LogP contribution in [0, 0.1) is 11.8 Å². The number of benzene rings is 1. The van der Waals surface area contributed by atoms with Crippen molar-refractivity contribution in [1.82, 2.24) is 0 Å². The van der Waals surface area contributed by atoms with E-state index in [1.54, 1.807) is 12.4 Å². The van der Waals surface area contributed by atoms with Crippen LogP contribution < -0.4 is 0 Å². The Balaban J connectivity index is 1.58. The van der Waals surface area contributed by atoms with Crippen LogP contribution in [0.25, 0.3) is 0 Å². The van der Waals surface area contributed by atoms with Crippen molar-refractivity contribution >= 4 is 35.4 Å². The molecule has 0 aromatic heterocycles. The van der Waals surface area contributed by atoms with E-state index in [4.69, 9.17) is 0 Å². The monoisotopic (exact) mass is 324 g/mol. The number of hydrogen-bond acceptors (Lipinski definition) is 4. The molecule has 2 atom stereocenters. The van der Waals surface area contributed by atoms with Crippen LogP contribution in [0.2, 0.25) is 0 Å². The highest BCUT2D eigenvalue weighted by atomic mass is 16.1. The van der Waals surface area contributed by atoms with Crippen LogP contribution in [0.3, 0.4) is 0 Å². The van der Waals surface area contributed by atoms with E-state index >= 15 is 0 Å². The minimum atomic E-state index is -0.0197. The Hall–Kier alpha value is -2.10. The Kier molecular flexibility index (Phi) is 5.68. The van der Waals surface area contributed by atoms with Gasteiger partial charge in [0.2, 0.25) is 0 Å². The molecule has 1 aromatic rings. The van der Waals surface area contributed by atoms with Gasteiger partial charge < -0.3 is 0 Å². The lowest BCUT2D eigenvalue weighted by atomic mass is 9.89. The van der Waals surface area contributed by atoms with E-state index in [2.05, 4.69) is 9.98 Å². The van der Waals surface area contributed by atoms with Gasteiger partial charge in [-0.25, -0.2) is 0 Å². The lowest BCUT2D eigenvalue weighted by Crippen LogP contribution is -2.19. The van der Waals surface area contributed by atoms with Crippen LogP contribution in [0.15, 0.2) is 34.3 Å². The molecule has 0 spiro atoms. The lowest BCUT2D eigenvalue weighted by Gasteiger charge is -2.16. The molecule has 2 saturated carbocycles. The van der Waals surface area contributed by atoms with Gasteiger partial charge in [-0.2, -0.15) is 0 Å². The number of hydrogen-bond donors (Lipinski definition) is 0. The maximum Gasteiger partial charge on any atom is 0.141 e. The Morgan fingerprint density at radius 3 is 1.50 bits per heavy atom. The SMILES string of the molecule is O=C1CCCCC1C=Nc1ccc(N=CC2CCCCC2=O)cc1. The minimum absolute atomic E-state index is 0.0197. The Bertz CT molecular complexity index is 589. The van der Waals surface area contributed by atoms with E-state index in [0.717, 1.165) is 49.9 Å². The number of ketones is 2. The maximum absolute atomic E-state index is 11.8. The molecule has 2 aliphatic carbocycles. The molecule has 2 fully saturated rings. The quantitative estimate of drug-likeness (QED) is 0.759. The first-order valence-corrected chi connectivity index (χ1v) is 8.96. The van der Waals surface area contributed by atoms with E-state index in [-0.39, 0.29) is 11.8 Å².